The molecule has 2 aromatic rings. The molecule has 7 nitrogen and oxygen atoms in total. The molecule has 28 heavy (non-hydrogen) atoms. The van der Waals surface area contributed by atoms with E-state index in [2.05, 4.69) is 4.98 Å². The van der Waals surface area contributed by atoms with Crippen LogP contribution in [0.5, 0.6) is 0 Å². The Morgan fingerprint density at radius 1 is 1.21 bits per heavy atom. The third-order valence-corrected chi connectivity index (χ3v) is 5.20. The quantitative estimate of drug-likeness (QED) is 0.854. The maximum absolute atomic E-state index is 12.8. The minimum absolute atomic E-state index is 0.0327. The van der Waals surface area contributed by atoms with Gasteiger partial charge in [0.25, 0.3) is 0 Å². The van der Waals surface area contributed by atoms with Gasteiger partial charge in [-0.15, -0.1) is 0 Å². The van der Waals surface area contributed by atoms with E-state index in [4.69, 9.17) is 5.11 Å². The molecule has 148 valence electrons. The first-order valence-electron chi connectivity index (χ1n) is 9.54. The van der Waals surface area contributed by atoms with Crippen LogP contribution in [0.25, 0.3) is 10.9 Å². The van der Waals surface area contributed by atoms with E-state index in [9.17, 15) is 14.4 Å². The average molecular weight is 383 g/mol. The van der Waals surface area contributed by atoms with Gasteiger partial charge in [-0.25, -0.2) is 0 Å². The third-order valence-electron chi connectivity index (χ3n) is 5.20. The van der Waals surface area contributed by atoms with Gasteiger partial charge in [0, 0.05) is 37.6 Å². The van der Waals surface area contributed by atoms with Crippen molar-refractivity contribution >= 4 is 28.7 Å². The normalized spacial score (nSPS) is 17.2. The molecule has 7 heteroatoms. The van der Waals surface area contributed by atoms with Crippen LogP contribution in [-0.4, -0.2) is 63.4 Å². The molecule has 1 aromatic heterocycles. The number of hydrogen-bond acceptors (Lipinski definition) is 4. The van der Waals surface area contributed by atoms with Crippen LogP contribution in [-0.2, 0) is 20.8 Å². The van der Waals surface area contributed by atoms with E-state index in [1.54, 1.807) is 6.20 Å². The summed E-state index contributed by atoms with van der Waals surface area (Å²) in [5, 5.41) is 10.1. The number of fused-ring (bicyclic) bond motifs is 1. The average Bonchev–Trinajstić information content (AvgIpc) is 2.92. The predicted molar refractivity (Wildman–Crippen MR) is 105 cm³/mol. The summed E-state index contributed by atoms with van der Waals surface area (Å²) < 4.78 is 0. The molecule has 1 fully saturated rings. The van der Waals surface area contributed by atoms with Crippen molar-refractivity contribution in [2.75, 3.05) is 19.6 Å². The monoisotopic (exact) mass is 383 g/mol. The number of benzene rings is 1. The second-order valence-electron chi connectivity index (χ2n) is 7.22. The summed E-state index contributed by atoms with van der Waals surface area (Å²) in [6.45, 7) is 2.24. The number of pyridine rings is 1. The molecule has 1 aromatic carbocycles. The van der Waals surface area contributed by atoms with E-state index in [0.29, 0.717) is 25.9 Å². The van der Waals surface area contributed by atoms with Gasteiger partial charge in [0.2, 0.25) is 11.8 Å². The zero-order valence-electron chi connectivity index (χ0n) is 16.0. The lowest BCUT2D eigenvalue weighted by atomic mass is 10.1. The van der Waals surface area contributed by atoms with Crippen LogP contribution in [0.3, 0.4) is 0 Å². The number of nitrogens with zero attached hydrogens (tertiary/aromatic N) is 3. The summed E-state index contributed by atoms with van der Waals surface area (Å²) in [5.74, 6) is -1.23. The summed E-state index contributed by atoms with van der Waals surface area (Å²) in [6, 6.07) is 9.64. The zero-order valence-corrected chi connectivity index (χ0v) is 16.0. The van der Waals surface area contributed by atoms with Crippen LogP contribution < -0.4 is 0 Å². The third kappa shape index (κ3) is 4.85. The number of amides is 2. The van der Waals surface area contributed by atoms with Gasteiger partial charge in [0.1, 0.15) is 6.54 Å². The van der Waals surface area contributed by atoms with E-state index in [-0.39, 0.29) is 30.8 Å². The lowest BCUT2D eigenvalue weighted by Gasteiger charge is -2.28. The maximum Gasteiger partial charge on any atom is 0.323 e. The number of aliphatic carboxylic acids is 1. The number of rotatable bonds is 5. The second kappa shape index (κ2) is 8.82. The largest absolute Gasteiger partial charge is 0.480 e. The predicted octanol–water partition coefficient (Wildman–Crippen LogP) is 2.09. The van der Waals surface area contributed by atoms with Gasteiger partial charge < -0.3 is 14.9 Å². The molecule has 0 bridgehead atoms. The highest BCUT2D eigenvalue weighted by atomic mass is 16.4. The van der Waals surface area contributed by atoms with Crippen molar-refractivity contribution in [3.05, 3.63) is 42.1 Å². The van der Waals surface area contributed by atoms with E-state index in [1.165, 1.54) is 11.8 Å². The van der Waals surface area contributed by atoms with Gasteiger partial charge in [-0.3, -0.25) is 19.4 Å². The molecule has 1 N–H and O–H groups in total. The van der Waals surface area contributed by atoms with Gasteiger partial charge in [0.15, 0.2) is 0 Å². The number of carboxylic acids is 1. The Kier molecular flexibility index (Phi) is 6.23. The van der Waals surface area contributed by atoms with Crippen LogP contribution in [0.15, 0.2) is 36.5 Å². The SMILES string of the molecule is CC(=O)N(CC(=O)O)C1CCCN(C(=O)Cc2cnc3ccccc3c2)CC1. The van der Waals surface area contributed by atoms with Gasteiger partial charge in [-0.05, 0) is 37.0 Å². The van der Waals surface area contributed by atoms with E-state index < -0.39 is 5.97 Å². The number of para-hydroxylation sites is 1. The number of carbonyl (C=O) groups excluding carboxylic acids is 2. The van der Waals surface area contributed by atoms with Crippen molar-refractivity contribution in [1.29, 1.82) is 0 Å². The molecule has 1 saturated heterocycles. The molecule has 1 aliphatic rings. The fourth-order valence-corrected chi connectivity index (χ4v) is 3.78. The minimum atomic E-state index is -1.02. The standard InChI is InChI=1S/C21H25N3O4/c1-15(25)24(14-21(27)28)18-6-4-9-23(10-8-18)20(26)12-16-11-17-5-2-3-7-19(17)22-13-16/h2-3,5,7,11,13,18H,4,6,8-10,12,14H2,1H3,(H,27,28). The number of carbonyl (C=O) groups is 3. The van der Waals surface area contributed by atoms with Gasteiger partial charge in [-0.1, -0.05) is 18.2 Å². The van der Waals surface area contributed by atoms with Crippen LogP contribution in [0, 0.1) is 0 Å². The molecular weight excluding hydrogens is 358 g/mol. The molecule has 2 heterocycles. The summed E-state index contributed by atoms with van der Waals surface area (Å²) in [7, 11) is 0. The summed E-state index contributed by atoms with van der Waals surface area (Å²) >= 11 is 0. The van der Waals surface area contributed by atoms with Gasteiger partial charge in [-0.2, -0.15) is 0 Å². The number of likely N-dealkylation sites (tertiary alicyclic amines) is 1. The van der Waals surface area contributed by atoms with E-state index >= 15 is 0 Å². The van der Waals surface area contributed by atoms with Crippen molar-refractivity contribution in [3.8, 4) is 0 Å². The van der Waals surface area contributed by atoms with Gasteiger partial charge in [0.05, 0.1) is 11.9 Å². The maximum atomic E-state index is 12.8. The first-order chi connectivity index (χ1) is 13.4. The Morgan fingerprint density at radius 2 is 2.00 bits per heavy atom. The summed E-state index contributed by atoms with van der Waals surface area (Å²) in [6.07, 6.45) is 4.07. The van der Waals surface area contributed by atoms with Crippen LogP contribution in [0.1, 0.15) is 31.7 Å². The van der Waals surface area contributed by atoms with Crippen LogP contribution in [0.2, 0.25) is 0 Å². The second-order valence-corrected chi connectivity index (χ2v) is 7.22. The highest BCUT2D eigenvalue weighted by molar-refractivity contribution is 5.83. The minimum Gasteiger partial charge on any atom is -0.480 e. The Morgan fingerprint density at radius 3 is 2.75 bits per heavy atom. The van der Waals surface area contributed by atoms with Crippen molar-refractivity contribution in [1.82, 2.24) is 14.8 Å². The van der Waals surface area contributed by atoms with E-state index in [0.717, 1.165) is 22.9 Å². The fourth-order valence-electron chi connectivity index (χ4n) is 3.78. The molecule has 0 aliphatic carbocycles. The highest BCUT2D eigenvalue weighted by Crippen LogP contribution is 2.19. The first-order valence-corrected chi connectivity index (χ1v) is 9.54. The molecule has 2 amide bonds. The molecule has 3 rings (SSSR count). The molecule has 1 atom stereocenters. The Labute approximate surface area is 164 Å². The molecule has 1 unspecified atom stereocenters. The molecule has 0 spiro atoms. The number of hydrogen-bond donors (Lipinski definition) is 1. The summed E-state index contributed by atoms with van der Waals surface area (Å²) in [5.41, 5.74) is 1.78. The highest BCUT2D eigenvalue weighted by Gasteiger charge is 2.27. The molecule has 0 radical (unpaired) electrons. The lowest BCUT2D eigenvalue weighted by Crippen LogP contribution is -2.43. The topological polar surface area (TPSA) is 90.8 Å². The number of aromatic nitrogens is 1. The van der Waals surface area contributed by atoms with Gasteiger partial charge >= 0.3 is 5.97 Å². The van der Waals surface area contributed by atoms with Crippen LogP contribution in [0.4, 0.5) is 0 Å². The lowest BCUT2D eigenvalue weighted by molar-refractivity contribution is -0.145. The van der Waals surface area contributed by atoms with Crippen molar-refractivity contribution < 1.29 is 19.5 Å². The Balaban J connectivity index is 1.63. The molecular formula is C21H25N3O4. The molecule has 1 aliphatic heterocycles. The molecule has 0 saturated carbocycles. The van der Waals surface area contributed by atoms with Crippen molar-refractivity contribution in [2.45, 2.75) is 38.6 Å². The smallest absolute Gasteiger partial charge is 0.323 e. The zero-order chi connectivity index (χ0) is 20.1. The van der Waals surface area contributed by atoms with Crippen molar-refractivity contribution in [2.24, 2.45) is 0 Å². The first kappa shape index (κ1) is 19.8. The van der Waals surface area contributed by atoms with Crippen LogP contribution >= 0.6 is 0 Å². The number of carboxylic acid groups (broad SMARTS) is 1. The van der Waals surface area contributed by atoms with E-state index in [1.807, 2.05) is 35.2 Å². The van der Waals surface area contributed by atoms with Crippen molar-refractivity contribution in [3.63, 3.8) is 0 Å². The fraction of sp³-hybridized carbons (Fsp3) is 0.429. The Bertz CT molecular complexity index is 883. The Hall–Kier alpha value is -2.96. The summed E-state index contributed by atoms with van der Waals surface area (Å²) in [4.78, 5) is 43.3.